The predicted octanol–water partition coefficient (Wildman–Crippen LogP) is 11.2. The molecular formula is C38H73NO5. The summed E-state index contributed by atoms with van der Waals surface area (Å²) < 4.78 is 5.99. The number of carboxylic acid groups (broad SMARTS) is 1. The molecule has 6 nitrogen and oxygen atoms in total. The number of esters is 1. The van der Waals surface area contributed by atoms with E-state index in [2.05, 4.69) is 19.2 Å². The van der Waals surface area contributed by atoms with E-state index in [0.717, 1.165) is 64.2 Å². The van der Waals surface area contributed by atoms with E-state index in [4.69, 9.17) is 9.84 Å². The van der Waals surface area contributed by atoms with Crippen LogP contribution in [0.5, 0.6) is 0 Å². The van der Waals surface area contributed by atoms with Gasteiger partial charge in [-0.25, -0.2) is 0 Å². The Hall–Kier alpha value is -1.59. The van der Waals surface area contributed by atoms with Crippen molar-refractivity contribution in [1.29, 1.82) is 0 Å². The van der Waals surface area contributed by atoms with Gasteiger partial charge in [0, 0.05) is 12.8 Å². The molecule has 0 aromatic rings. The summed E-state index contributed by atoms with van der Waals surface area (Å²) >= 11 is 0. The van der Waals surface area contributed by atoms with Crippen LogP contribution >= 0.6 is 0 Å². The first kappa shape index (κ1) is 42.4. The Morgan fingerprint density at radius 3 is 1.23 bits per heavy atom. The van der Waals surface area contributed by atoms with Crippen molar-refractivity contribution in [3.8, 4) is 0 Å². The molecule has 0 fully saturated rings. The molecule has 6 heteroatoms. The van der Waals surface area contributed by atoms with Crippen LogP contribution in [-0.2, 0) is 19.1 Å². The van der Waals surface area contributed by atoms with Crippen molar-refractivity contribution in [2.75, 3.05) is 6.54 Å². The van der Waals surface area contributed by atoms with Crippen LogP contribution in [0, 0.1) is 0 Å². The zero-order chi connectivity index (χ0) is 32.4. The maximum absolute atomic E-state index is 12.6. The lowest BCUT2D eigenvalue weighted by Gasteiger charge is -2.18. The molecule has 0 aliphatic heterocycles. The standard InChI is InChI=1S/C38H73NO5/c1-3-5-7-9-11-13-14-15-16-17-18-20-25-29-33-38(43)44-35(30-26-22-19-12-10-8-6-4-2)31-27-23-21-24-28-32-36(40)39-34-37(41)42/h35H,3-34H2,1-2H3,(H,39,40)(H,41,42). The van der Waals surface area contributed by atoms with E-state index < -0.39 is 5.97 Å². The molecule has 0 rings (SSSR count). The maximum Gasteiger partial charge on any atom is 0.322 e. The number of carboxylic acids is 1. The lowest BCUT2D eigenvalue weighted by Crippen LogP contribution is -2.28. The highest BCUT2D eigenvalue weighted by atomic mass is 16.5. The second-order valence-corrected chi connectivity index (χ2v) is 13.2. The van der Waals surface area contributed by atoms with Crippen molar-refractivity contribution < 1.29 is 24.2 Å². The summed E-state index contributed by atoms with van der Waals surface area (Å²) in [5.74, 6) is -1.22. The number of amides is 1. The molecule has 0 saturated carbocycles. The Morgan fingerprint density at radius 1 is 0.500 bits per heavy atom. The lowest BCUT2D eigenvalue weighted by atomic mass is 10.0. The van der Waals surface area contributed by atoms with Crippen molar-refractivity contribution >= 4 is 17.8 Å². The van der Waals surface area contributed by atoms with E-state index in [0.29, 0.717) is 12.8 Å². The zero-order valence-electron chi connectivity index (χ0n) is 29.3. The summed E-state index contributed by atoms with van der Waals surface area (Å²) in [6.07, 6.45) is 36.5. The molecule has 0 radical (unpaired) electrons. The fourth-order valence-electron chi connectivity index (χ4n) is 5.93. The van der Waals surface area contributed by atoms with Gasteiger partial charge in [-0.2, -0.15) is 0 Å². The molecule has 0 bridgehead atoms. The number of ether oxygens (including phenoxy) is 1. The number of aliphatic carboxylic acids is 1. The zero-order valence-corrected chi connectivity index (χ0v) is 29.3. The van der Waals surface area contributed by atoms with Gasteiger partial charge in [-0.1, -0.05) is 162 Å². The topological polar surface area (TPSA) is 92.7 Å². The Balaban J connectivity index is 4.05. The molecule has 0 aromatic heterocycles. The van der Waals surface area contributed by atoms with Gasteiger partial charge in [-0.05, 0) is 38.5 Å². The minimum Gasteiger partial charge on any atom is -0.480 e. The van der Waals surface area contributed by atoms with Crippen LogP contribution in [0.2, 0.25) is 0 Å². The minimum atomic E-state index is -1.01. The van der Waals surface area contributed by atoms with E-state index in [1.54, 1.807) is 0 Å². The van der Waals surface area contributed by atoms with E-state index in [-0.39, 0.29) is 24.5 Å². The second-order valence-electron chi connectivity index (χ2n) is 13.2. The van der Waals surface area contributed by atoms with E-state index in [1.807, 2.05) is 0 Å². The highest BCUT2D eigenvalue weighted by Crippen LogP contribution is 2.19. The van der Waals surface area contributed by atoms with Crippen LogP contribution in [0.15, 0.2) is 0 Å². The summed E-state index contributed by atoms with van der Waals surface area (Å²) in [7, 11) is 0. The van der Waals surface area contributed by atoms with Crippen molar-refractivity contribution in [3.63, 3.8) is 0 Å². The molecule has 1 amide bonds. The Kier molecular flexibility index (Phi) is 33.0. The summed E-state index contributed by atoms with van der Waals surface area (Å²) in [6.45, 7) is 4.22. The van der Waals surface area contributed by atoms with Crippen molar-refractivity contribution in [2.45, 2.75) is 219 Å². The van der Waals surface area contributed by atoms with Crippen molar-refractivity contribution in [2.24, 2.45) is 0 Å². The number of rotatable bonds is 35. The molecule has 0 aliphatic rings. The summed E-state index contributed by atoms with van der Waals surface area (Å²) in [5, 5.41) is 11.0. The number of unbranched alkanes of at least 4 members (excludes halogenated alkanes) is 24. The van der Waals surface area contributed by atoms with Crippen LogP contribution in [0.1, 0.15) is 213 Å². The van der Waals surface area contributed by atoms with Crippen molar-refractivity contribution in [3.05, 3.63) is 0 Å². The Bertz CT molecular complexity index is 653. The van der Waals surface area contributed by atoms with Gasteiger partial charge in [0.1, 0.15) is 12.6 Å². The van der Waals surface area contributed by atoms with Crippen LogP contribution in [0.4, 0.5) is 0 Å². The highest BCUT2D eigenvalue weighted by molar-refractivity contribution is 5.80. The van der Waals surface area contributed by atoms with Gasteiger partial charge >= 0.3 is 11.9 Å². The molecule has 0 aromatic carbocycles. The number of nitrogens with one attached hydrogen (secondary N) is 1. The average Bonchev–Trinajstić information content (AvgIpc) is 3.00. The van der Waals surface area contributed by atoms with Crippen LogP contribution < -0.4 is 5.32 Å². The summed E-state index contributed by atoms with van der Waals surface area (Å²) in [5.41, 5.74) is 0. The molecular weight excluding hydrogens is 550 g/mol. The fourth-order valence-corrected chi connectivity index (χ4v) is 5.93. The molecule has 2 N–H and O–H groups in total. The van der Waals surface area contributed by atoms with Crippen molar-refractivity contribution in [1.82, 2.24) is 5.32 Å². The Morgan fingerprint density at radius 2 is 0.841 bits per heavy atom. The number of carbonyl (C=O) groups excluding carboxylic acids is 2. The fraction of sp³-hybridized carbons (Fsp3) is 0.921. The number of hydrogen-bond acceptors (Lipinski definition) is 4. The van der Waals surface area contributed by atoms with Gasteiger partial charge in [0.05, 0.1) is 0 Å². The first-order valence-electron chi connectivity index (χ1n) is 19.2. The van der Waals surface area contributed by atoms with Crippen LogP contribution in [0.25, 0.3) is 0 Å². The van der Waals surface area contributed by atoms with Crippen LogP contribution in [0.3, 0.4) is 0 Å². The predicted molar refractivity (Wildman–Crippen MR) is 185 cm³/mol. The maximum atomic E-state index is 12.6. The lowest BCUT2D eigenvalue weighted by molar-refractivity contribution is -0.150. The second kappa shape index (κ2) is 34.3. The third kappa shape index (κ3) is 33.3. The Labute approximate surface area is 272 Å². The van der Waals surface area contributed by atoms with Gasteiger partial charge in [-0.3, -0.25) is 14.4 Å². The molecule has 0 aliphatic carbocycles. The number of hydrogen-bond donors (Lipinski definition) is 2. The third-order valence-electron chi connectivity index (χ3n) is 8.78. The van der Waals surface area contributed by atoms with E-state index >= 15 is 0 Å². The van der Waals surface area contributed by atoms with Crippen LogP contribution in [-0.4, -0.2) is 35.6 Å². The number of carbonyl (C=O) groups is 3. The molecule has 260 valence electrons. The van der Waals surface area contributed by atoms with Gasteiger partial charge in [0.25, 0.3) is 0 Å². The highest BCUT2D eigenvalue weighted by Gasteiger charge is 2.14. The molecule has 0 spiro atoms. The summed E-state index contributed by atoms with van der Waals surface area (Å²) in [4.78, 5) is 34.8. The molecule has 0 heterocycles. The largest absolute Gasteiger partial charge is 0.480 e. The monoisotopic (exact) mass is 624 g/mol. The molecule has 44 heavy (non-hydrogen) atoms. The first-order valence-corrected chi connectivity index (χ1v) is 19.2. The third-order valence-corrected chi connectivity index (χ3v) is 8.78. The molecule has 1 atom stereocenters. The normalized spacial score (nSPS) is 11.9. The van der Waals surface area contributed by atoms with E-state index in [9.17, 15) is 14.4 Å². The van der Waals surface area contributed by atoms with Gasteiger partial charge < -0.3 is 15.2 Å². The summed E-state index contributed by atoms with van der Waals surface area (Å²) in [6, 6.07) is 0. The van der Waals surface area contributed by atoms with Gasteiger partial charge in [0.2, 0.25) is 5.91 Å². The quantitative estimate of drug-likeness (QED) is 0.0541. The molecule has 1 unspecified atom stereocenters. The molecule has 0 saturated heterocycles. The minimum absolute atomic E-state index is 0.0131. The average molecular weight is 624 g/mol. The first-order chi connectivity index (χ1) is 21.5. The SMILES string of the molecule is CCCCCCCCCCCCCCCCC(=O)OC(CCCCCCCCCC)CCCCCCCC(=O)NCC(=O)O. The van der Waals surface area contributed by atoms with Gasteiger partial charge in [0.15, 0.2) is 0 Å². The smallest absolute Gasteiger partial charge is 0.322 e. The van der Waals surface area contributed by atoms with Gasteiger partial charge in [-0.15, -0.1) is 0 Å². The van der Waals surface area contributed by atoms with E-state index in [1.165, 1.54) is 122 Å².